The molecular weight excluding hydrogens is 276 g/mol. The molecule has 1 unspecified atom stereocenters. The third kappa shape index (κ3) is 4.16. The minimum atomic E-state index is -3.36. The van der Waals surface area contributed by atoms with Crippen LogP contribution < -0.4 is 4.72 Å². The highest BCUT2D eigenvalue weighted by Gasteiger charge is 2.33. The maximum absolute atomic E-state index is 12.4. The summed E-state index contributed by atoms with van der Waals surface area (Å²) in [6.07, 6.45) is 5.64. The Bertz CT molecular complexity index is 414. The van der Waals surface area contributed by atoms with E-state index in [1.54, 1.807) is 4.31 Å². The van der Waals surface area contributed by atoms with Crippen LogP contribution in [0, 0.1) is 11.3 Å². The first kappa shape index (κ1) is 16.2. The number of aliphatic hydroxyl groups excluding tert-OH is 1. The molecule has 0 radical (unpaired) electrons. The Kier molecular flexibility index (Phi) is 5.10. The maximum atomic E-state index is 12.4. The number of rotatable bonds is 4. The molecular formula is C14H28N2O3S. The molecule has 20 heavy (non-hydrogen) atoms. The van der Waals surface area contributed by atoms with Crippen LogP contribution in [0.3, 0.4) is 0 Å². The van der Waals surface area contributed by atoms with Crippen LogP contribution in [-0.2, 0) is 10.2 Å². The van der Waals surface area contributed by atoms with Crippen molar-refractivity contribution in [3.05, 3.63) is 0 Å². The van der Waals surface area contributed by atoms with Crippen molar-refractivity contribution in [1.82, 2.24) is 9.03 Å². The molecule has 1 atom stereocenters. The van der Waals surface area contributed by atoms with E-state index in [1.807, 2.05) is 0 Å². The summed E-state index contributed by atoms with van der Waals surface area (Å²) in [4.78, 5) is 0. The number of aliphatic hydroxyl groups is 1. The molecule has 118 valence electrons. The molecule has 1 heterocycles. The molecule has 0 bridgehead atoms. The Morgan fingerprint density at radius 2 is 1.90 bits per heavy atom. The Morgan fingerprint density at radius 1 is 1.25 bits per heavy atom. The molecule has 1 saturated heterocycles. The molecule has 5 nitrogen and oxygen atoms in total. The summed E-state index contributed by atoms with van der Waals surface area (Å²) in [5, 5.41) is 9.12. The van der Waals surface area contributed by atoms with Gasteiger partial charge in [-0.3, -0.25) is 0 Å². The highest BCUT2D eigenvalue weighted by Crippen LogP contribution is 2.35. The van der Waals surface area contributed by atoms with Crippen LogP contribution in [0.5, 0.6) is 0 Å². The largest absolute Gasteiger partial charge is 0.396 e. The van der Waals surface area contributed by atoms with Gasteiger partial charge >= 0.3 is 0 Å². The minimum Gasteiger partial charge on any atom is -0.396 e. The van der Waals surface area contributed by atoms with Gasteiger partial charge in [-0.05, 0) is 43.4 Å². The zero-order valence-corrected chi connectivity index (χ0v) is 13.5. The second kappa shape index (κ2) is 6.30. The zero-order valence-electron chi connectivity index (χ0n) is 12.6. The first-order valence-corrected chi connectivity index (χ1v) is 9.15. The van der Waals surface area contributed by atoms with E-state index < -0.39 is 10.2 Å². The van der Waals surface area contributed by atoms with Crippen LogP contribution in [-0.4, -0.2) is 43.6 Å². The lowest BCUT2D eigenvalue weighted by atomic mass is 9.75. The summed E-state index contributed by atoms with van der Waals surface area (Å²) in [5.41, 5.74) is 0.231. The van der Waals surface area contributed by atoms with Gasteiger partial charge in [0.05, 0.1) is 0 Å². The molecule has 0 aromatic rings. The molecule has 0 aromatic carbocycles. The van der Waals surface area contributed by atoms with Gasteiger partial charge < -0.3 is 5.11 Å². The molecule has 2 rings (SSSR count). The summed E-state index contributed by atoms with van der Waals surface area (Å²) in [5.74, 6) is 0.259. The van der Waals surface area contributed by atoms with Crippen molar-refractivity contribution in [2.75, 3.05) is 19.7 Å². The Hall–Kier alpha value is -0.170. The molecule has 0 spiro atoms. The standard InChI is InChI=1S/C14H28N2O3S/c1-14(2)7-3-4-13(10-14)15-20(18,19)16-8-5-12(11-17)6-9-16/h12-13,15,17H,3-11H2,1-2H3. The number of hydrogen-bond donors (Lipinski definition) is 2. The van der Waals surface area contributed by atoms with Crippen molar-refractivity contribution in [3.63, 3.8) is 0 Å². The molecule has 0 aromatic heterocycles. The van der Waals surface area contributed by atoms with E-state index in [1.165, 1.54) is 6.42 Å². The second-order valence-electron chi connectivity index (χ2n) is 7.11. The van der Waals surface area contributed by atoms with E-state index in [0.29, 0.717) is 13.1 Å². The van der Waals surface area contributed by atoms with Crippen molar-refractivity contribution in [3.8, 4) is 0 Å². The van der Waals surface area contributed by atoms with Crippen molar-refractivity contribution >= 4 is 10.2 Å². The summed E-state index contributed by atoms with van der Waals surface area (Å²) in [7, 11) is -3.36. The predicted octanol–water partition coefficient (Wildman–Crippen LogP) is 1.49. The Labute approximate surface area is 122 Å². The smallest absolute Gasteiger partial charge is 0.279 e. The van der Waals surface area contributed by atoms with Crippen LogP contribution in [0.4, 0.5) is 0 Å². The lowest BCUT2D eigenvalue weighted by molar-refractivity contribution is 0.167. The van der Waals surface area contributed by atoms with Gasteiger partial charge in [0.1, 0.15) is 0 Å². The highest BCUT2D eigenvalue weighted by atomic mass is 32.2. The highest BCUT2D eigenvalue weighted by molar-refractivity contribution is 7.87. The van der Waals surface area contributed by atoms with E-state index in [4.69, 9.17) is 5.11 Å². The summed E-state index contributed by atoms with van der Waals surface area (Å²) in [6, 6.07) is 0.0688. The van der Waals surface area contributed by atoms with E-state index in [2.05, 4.69) is 18.6 Å². The fourth-order valence-corrected chi connectivity index (χ4v) is 4.88. The van der Waals surface area contributed by atoms with Crippen molar-refractivity contribution in [2.24, 2.45) is 11.3 Å². The van der Waals surface area contributed by atoms with Crippen LogP contribution >= 0.6 is 0 Å². The zero-order chi connectivity index (χ0) is 14.8. The number of nitrogens with zero attached hydrogens (tertiary/aromatic N) is 1. The fourth-order valence-electron chi connectivity index (χ4n) is 3.42. The third-order valence-corrected chi connectivity index (χ3v) is 6.37. The lowest BCUT2D eigenvalue weighted by Crippen LogP contribution is -2.50. The van der Waals surface area contributed by atoms with Gasteiger partial charge in [-0.25, -0.2) is 0 Å². The third-order valence-electron chi connectivity index (χ3n) is 4.69. The average Bonchev–Trinajstić information content (AvgIpc) is 2.37. The van der Waals surface area contributed by atoms with Crippen LogP contribution in [0.25, 0.3) is 0 Å². The van der Waals surface area contributed by atoms with Crippen molar-refractivity contribution in [2.45, 2.75) is 58.4 Å². The summed E-state index contributed by atoms with van der Waals surface area (Å²) >= 11 is 0. The topological polar surface area (TPSA) is 69.6 Å². The summed E-state index contributed by atoms with van der Waals surface area (Å²) in [6.45, 7) is 5.63. The van der Waals surface area contributed by atoms with Crippen molar-refractivity contribution in [1.29, 1.82) is 0 Å². The first-order valence-electron chi connectivity index (χ1n) is 7.71. The van der Waals surface area contributed by atoms with E-state index in [0.717, 1.165) is 32.1 Å². The fraction of sp³-hybridized carbons (Fsp3) is 1.00. The van der Waals surface area contributed by atoms with Gasteiger partial charge in [-0.2, -0.15) is 17.4 Å². The average molecular weight is 304 g/mol. The molecule has 1 saturated carbocycles. The van der Waals surface area contributed by atoms with E-state index in [-0.39, 0.29) is 24.0 Å². The molecule has 1 aliphatic heterocycles. The molecule has 2 N–H and O–H groups in total. The van der Waals surface area contributed by atoms with Gasteiger partial charge in [0.15, 0.2) is 0 Å². The first-order chi connectivity index (χ1) is 9.32. The number of hydrogen-bond acceptors (Lipinski definition) is 3. The maximum Gasteiger partial charge on any atom is 0.279 e. The minimum absolute atomic E-state index is 0.0688. The van der Waals surface area contributed by atoms with Gasteiger partial charge in [0, 0.05) is 25.7 Å². The molecule has 2 aliphatic rings. The molecule has 2 fully saturated rings. The normalized spacial score (nSPS) is 29.4. The number of piperidine rings is 1. The Morgan fingerprint density at radius 3 is 2.45 bits per heavy atom. The monoisotopic (exact) mass is 304 g/mol. The van der Waals surface area contributed by atoms with Crippen molar-refractivity contribution < 1.29 is 13.5 Å². The second-order valence-corrected chi connectivity index (χ2v) is 8.81. The van der Waals surface area contributed by atoms with Gasteiger partial charge in [-0.15, -0.1) is 0 Å². The van der Waals surface area contributed by atoms with Crippen LogP contribution in [0.15, 0.2) is 0 Å². The van der Waals surface area contributed by atoms with E-state index in [9.17, 15) is 8.42 Å². The van der Waals surface area contributed by atoms with E-state index >= 15 is 0 Å². The van der Waals surface area contributed by atoms with Crippen LogP contribution in [0.2, 0.25) is 0 Å². The lowest BCUT2D eigenvalue weighted by Gasteiger charge is -2.37. The quantitative estimate of drug-likeness (QED) is 0.827. The molecule has 6 heteroatoms. The van der Waals surface area contributed by atoms with Gasteiger partial charge in [0.25, 0.3) is 10.2 Å². The van der Waals surface area contributed by atoms with Crippen LogP contribution in [0.1, 0.15) is 52.4 Å². The van der Waals surface area contributed by atoms with Gasteiger partial charge in [-0.1, -0.05) is 20.3 Å². The Balaban J connectivity index is 1.91. The number of nitrogens with one attached hydrogen (secondary N) is 1. The molecule has 1 aliphatic carbocycles. The summed E-state index contributed by atoms with van der Waals surface area (Å²) < 4.78 is 29.3. The molecule has 0 amide bonds. The SMILES string of the molecule is CC1(C)CCCC(NS(=O)(=O)N2CCC(CO)CC2)C1. The predicted molar refractivity (Wildman–Crippen MR) is 79.5 cm³/mol. The van der Waals surface area contributed by atoms with Gasteiger partial charge in [0.2, 0.25) is 0 Å².